The van der Waals surface area contributed by atoms with Crippen LogP contribution < -0.4 is 0 Å². The van der Waals surface area contributed by atoms with E-state index in [-0.39, 0.29) is 12.1 Å². The molecule has 2 unspecified atom stereocenters. The molecule has 3 heterocycles. The fourth-order valence-electron chi connectivity index (χ4n) is 4.34. The number of aryl methyl sites for hydroxylation is 1. The van der Waals surface area contributed by atoms with Crippen LogP contribution in [0, 0.1) is 0 Å². The first kappa shape index (κ1) is 29.2. The summed E-state index contributed by atoms with van der Waals surface area (Å²) in [5.41, 5.74) is 2.58. The van der Waals surface area contributed by atoms with Crippen molar-refractivity contribution in [3.63, 3.8) is 0 Å². The Morgan fingerprint density at radius 2 is 1.90 bits per heavy atom. The van der Waals surface area contributed by atoms with Crippen LogP contribution in [0.5, 0.6) is 0 Å². The van der Waals surface area contributed by atoms with Crippen LogP contribution in [-0.4, -0.2) is 55.5 Å². The molecule has 0 bridgehead atoms. The van der Waals surface area contributed by atoms with E-state index in [0.717, 1.165) is 12.8 Å². The van der Waals surface area contributed by atoms with E-state index in [0.29, 0.717) is 41.1 Å². The normalized spacial score (nSPS) is 18.2. The molecule has 0 saturated carbocycles. The average Bonchev–Trinajstić information content (AvgIpc) is 3.40. The van der Waals surface area contributed by atoms with Crippen molar-refractivity contribution >= 4 is 23.3 Å². The molecule has 210 valence electrons. The van der Waals surface area contributed by atoms with Crippen molar-refractivity contribution in [1.82, 2.24) is 24.6 Å². The number of rotatable bonds is 8. The second-order valence-corrected chi connectivity index (χ2v) is 11.0. The van der Waals surface area contributed by atoms with E-state index in [1.165, 1.54) is 5.56 Å². The molecule has 1 aromatic carbocycles. The van der Waals surface area contributed by atoms with Crippen LogP contribution in [0.3, 0.4) is 0 Å². The number of carbonyl (C=O) groups excluding carboxylic acids is 1. The van der Waals surface area contributed by atoms with Gasteiger partial charge in [0.15, 0.2) is 0 Å². The second-order valence-electron chi connectivity index (χ2n) is 10.6. The lowest BCUT2D eigenvalue weighted by molar-refractivity contribution is -0.0748. The number of allylic oxidation sites excluding steroid dienone is 5. The third-order valence-electron chi connectivity index (χ3n) is 6.39. The number of ether oxygens (including phenoxy) is 2. The Balaban J connectivity index is 1.64. The van der Waals surface area contributed by atoms with Crippen molar-refractivity contribution in [1.29, 1.82) is 0 Å². The minimum atomic E-state index is -0.625. The quantitative estimate of drug-likeness (QED) is 0.285. The summed E-state index contributed by atoms with van der Waals surface area (Å²) >= 11 is 6.14. The van der Waals surface area contributed by atoms with Crippen molar-refractivity contribution in [2.75, 3.05) is 13.2 Å². The van der Waals surface area contributed by atoms with Gasteiger partial charge in [0.25, 0.3) is 5.95 Å². The largest absolute Gasteiger partial charge is 0.444 e. The summed E-state index contributed by atoms with van der Waals surface area (Å²) in [5.74, 6) is 0.394. The summed E-state index contributed by atoms with van der Waals surface area (Å²) in [6, 6.07) is 13.7. The van der Waals surface area contributed by atoms with Crippen LogP contribution in [0.2, 0.25) is 0 Å². The highest BCUT2D eigenvalue weighted by Gasteiger charge is 2.37. The van der Waals surface area contributed by atoms with Gasteiger partial charge in [0, 0.05) is 17.4 Å². The zero-order valence-corrected chi connectivity index (χ0v) is 24.2. The van der Waals surface area contributed by atoms with Gasteiger partial charge in [-0.3, -0.25) is 4.90 Å². The Kier molecular flexibility index (Phi) is 9.55. The predicted octanol–water partition coefficient (Wildman–Crippen LogP) is 6.68. The van der Waals surface area contributed by atoms with Gasteiger partial charge in [-0.15, -0.1) is 0 Å². The smallest absolute Gasteiger partial charge is 0.410 e. The second kappa shape index (κ2) is 13.1. The first-order chi connectivity index (χ1) is 19.1. The number of benzene rings is 1. The van der Waals surface area contributed by atoms with E-state index < -0.39 is 11.7 Å². The van der Waals surface area contributed by atoms with Crippen molar-refractivity contribution in [2.45, 2.75) is 58.3 Å². The number of hydrogen-bond donors (Lipinski definition) is 0. The summed E-state index contributed by atoms with van der Waals surface area (Å²) in [6.45, 7) is 12.3. The standard InChI is InChI=1S/C31H36ClN5O3/c1-6-24(32)15-13-22(2)26-19-27(37(35-26)29-33-17-10-18-34-29)28-20-36(30(38)40-31(3,4)5)25(21-39-28)16-14-23-11-8-7-9-12-23/h6-13,15,17-19,25,28H,2,14,16,20-21H2,1,3-5H3. The summed E-state index contributed by atoms with van der Waals surface area (Å²) in [6.07, 6.45) is 9.39. The van der Waals surface area contributed by atoms with Crippen molar-refractivity contribution in [2.24, 2.45) is 0 Å². The third-order valence-corrected chi connectivity index (χ3v) is 6.73. The molecule has 0 spiro atoms. The number of nitrogens with zero attached hydrogens (tertiary/aromatic N) is 5. The number of halogens is 1. The highest BCUT2D eigenvalue weighted by atomic mass is 35.5. The first-order valence-corrected chi connectivity index (χ1v) is 13.7. The molecule has 0 N–H and O–H groups in total. The van der Waals surface area contributed by atoms with E-state index in [1.54, 1.807) is 46.3 Å². The van der Waals surface area contributed by atoms with Gasteiger partial charge in [-0.05, 0) is 69.9 Å². The number of amides is 1. The van der Waals surface area contributed by atoms with Crippen molar-refractivity contribution < 1.29 is 14.3 Å². The number of morpholine rings is 1. The third kappa shape index (κ3) is 7.67. The van der Waals surface area contributed by atoms with Gasteiger partial charge in [0.05, 0.1) is 30.6 Å². The van der Waals surface area contributed by atoms with E-state index in [9.17, 15) is 4.79 Å². The van der Waals surface area contributed by atoms with E-state index >= 15 is 0 Å². The average molecular weight is 562 g/mol. The lowest BCUT2D eigenvalue weighted by Gasteiger charge is -2.40. The molecule has 1 fully saturated rings. The number of aromatic nitrogens is 4. The number of carbonyl (C=O) groups is 1. The topological polar surface area (TPSA) is 82.4 Å². The molecule has 1 amide bonds. The van der Waals surface area contributed by atoms with Crippen LogP contribution in [0.25, 0.3) is 11.5 Å². The lowest BCUT2D eigenvalue weighted by atomic mass is 10.0. The van der Waals surface area contributed by atoms with Crippen LogP contribution in [0.4, 0.5) is 4.79 Å². The maximum atomic E-state index is 13.4. The van der Waals surface area contributed by atoms with E-state index in [4.69, 9.17) is 26.2 Å². The van der Waals surface area contributed by atoms with Gasteiger partial charge < -0.3 is 9.47 Å². The molecule has 40 heavy (non-hydrogen) atoms. The van der Waals surface area contributed by atoms with Gasteiger partial charge in [-0.2, -0.15) is 9.78 Å². The van der Waals surface area contributed by atoms with Gasteiger partial charge in [-0.25, -0.2) is 14.8 Å². The molecule has 8 nitrogen and oxygen atoms in total. The fourth-order valence-corrected chi connectivity index (χ4v) is 4.41. The Bertz CT molecular complexity index is 1360. The van der Waals surface area contributed by atoms with E-state index in [2.05, 4.69) is 28.7 Å². The molecular formula is C31H36ClN5O3. The molecule has 2 aromatic heterocycles. The van der Waals surface area contributed by atoms with Gasteiger partial charge in [-0.1, -0.05) is 60.7 Å². The van der Waals surface area contributed by atoms with Crippen LogP contribution in [0.1, 0.15) is 57.2 Å². The van der Waals surface area contributed by atoms with Crippen molar-refractivity contribution in [3.05, 3.63) is 102 Å². The summed E-state index contributed by atoms with van der Waals surface area (Å²) < 4.78 is 13.9. The minimum Gasteiger partial charge on any atom is -0.444 e. The summed E-state index contributed by atoms with van der Waals surface area (Å²) in [5, 5.41) is 5.34. The molecule has 2 atom stereocenters. The molecule has 9 heteroatoms. The number of hydrogen-bond acceptors (Lipinski definition) is 6. The highest BCUT2D eigenvalue weighted by Crippen LogP contribution is 2.31. The van der Waals surface area contributed by atoms with Gasteiger partial charge in [0.2, 0.25) is 0 Å². The molecule has 4 rings (SSSR count). The zero-order valence-electron chi connectivity index (χ0n) is 23.5. The summed E-state index contributed by atoms with van der Waals surface area (Å²) in [4.78, 5) is 24.0. The molecule has 1 aliphatic rings. The Morgan fingerprint density at radius 1 is 1.18 bits per heavy atom. The van der Waals surface area contributed by atoms with Crippen LogP contribution in [0.15, 0.2) is 84.7 Å². The Morgan fingerprint density at radius 3 is 2.58 bits per heavy atom. The maximum absolute atomic E-state index is 13.4. The lowest BCUT2D eigenvalue weighted by Crippen LogP contribution is -2.51. The first-order valence-electron chi connectivity index (χ1n) is 13.4. The predicted molar refractivity (Wildman–Crippen MR) is 157 cm³/mol. The minimum absolute atomic E-state index is 0.143. The Labute approximate surface area is 241 Å². The monoisotopic (exact) mass is 561 g/mol. The zero-order chi connectivity index (χ0) is 28.7. The van der Waals surface area contributed by atoms with Crippen LogP contribution >= 0.6 is 11.6 Å². The molecular weight excluding hydrogens is 526 g/mol. The SMILES string of the molecule is C=C(C=CC(Cl)=CC)c1cc(C2CN(C(=O)OC(C)(C)C)C(CCc3ccccc3)CO2)n(-c2ncccn2)n1. The molecule has 0 aliphatic carbocycles. The Hall–Kier alpha value is -3.75. The summed E-state index contributed by atoms with van der Waals surface area (Å²) in [7, 11) is 0. The molecule has 0 radical (unpaired) electrons. The van der Waals surface area contributed by atoms with Crippen LogP contribution in [-0.2, 0) is 15.9 Å². The molecule has 3 aromatic rings. The van der Waals surface area contributed by atoms with E-state index in [1.807, 2.05) is 52.0 Å². The highest BCUT2D eigenvalue weighted by molar-refractivity contribution is 6.31. The molecule has 1 aliphatic heterocycles. The van der Waals surface area contributed by atoms with Crippen molar-refractivity contribution in [3.8, 4) is 5.95 Å². The van der Waals surface area contributed by atoms with Gasteiger partial charge >= 0.3 is 6.09 Å². The fraction of sp³-hybridized carbons (Fsp3) is 0.355. The maximum Gasteiger partial charge on any atom is 0.410 e. The van der Waals surface area contributed by atoms with Gasteiger partial charge in [0.1, 0.15) is 11.7 Å². The molecule has 1 saturated heterocycles.